The first-order chi connectivity index (χ1) is 13.0. The molecule has 0 radical (unpaired) electrons. The summed E-state index contributed by atoms with van der Waals surface area (Å²) >= 11 is 0. The Hall–Kier alpha value is -2.99. The van der Waals surface area contributed by atoms with Gasteiger partial charge in [-0.05, 0) is 36.6 Å². The number of methoxy groups -OCH3 is 1. The molecule has 0 aromatic heterocycles. The van der Waals surface area contributed by atoms with Gasteiger partial charge in [0.15, 0.2) is 5.78 Å². The summed E-state index contributed by atoms with van der Waals surface area (Å²) in [5.74, 6) is -0.663. The van der Waals surface area contributed by atoms with Crippen molar-refractivity contribution in [3.8, 4) is 0 Å². The number of amides is 1. The summed E-state index contributed by atoms with van der Waals surface area (Å²) in [6.45, 7) is 2.03. The normalized spacial score (nSPS) is 16.3. The number of Topliss-reactive ketones (excluding diaryl/α,β-unsaturated/α-hetero) is 1. The number of fused-ring (bicyclic) bond motifs is 1. The van der Waals surface area contributed by atoms with Crippen LogP contribution in [0.15, 0.2) is 48.5 Å². The third kappa shape index (κ3) is 4.41. The molecule has 1 atom stereocenters. The topological polar surface area (TPSA) is 75.7 Å². The number of esters is 1. The number of carbonyl (C=O) groups excluding carboxylic acids is 3. The summed E-state index contributed by atoms with van der Waals surface area (Å²) < 4.78 is 4.93. The summed E-state index contributed by atoms with van der Waals surface area (Å²) in [4.78, 5) is 38.1. The summed E-state index contributed by atoms with van der Waals surface area (Å²) in [7, 11) is 1.36. The molecule has 0 aliphatic carbocycles. The molecular formula is C21H22N2O4. The van der Waals surface area contributed by atoms with Crippen molar-refractivity contribution in [2.24, 2.45) is 0 Å². The van der Waals surface area contributed by atoms with E-state index in [1.807, 2.05) is 29.2 Å². The van der Waals surface area contributed by atoms with Crippen LogP contribution in [0, 0.1) is 0 Å². The molecule has 140 valence electrons. The lowest BCUT2D eigenvalue weighted by Crippen LogP contribution is -2.49. The van der Waals surface area contributed by atoms with E-state index in [-0.39, 0.29) is 24.2 Å². The smallest absolute Gasteiger partial charge is 0.323 e. The van der Waals surface area contributed by atoms with E-state index >= 15 is 0 Å². The molecule has 1 aliphatic rings. The maximum atomic E-state index is 12.5. The number of ketones is 1. The number of anilines is 1. The molecular weight excluding hydrogens is 344 g/mol. The van der Waals surface area contributed by atoms with Crippen LogP contribution < -0.4 is 5.32 Å². The molecule has 0 saturated heterocycles. The molecule has 2 aromatic carbocycles. The summed E-state index contributed by atoms with van der Waals surface area (Å²) in [6.07, 6.45) is 0.510. The van der Waals surface area contributed by atoms with Crippen molar-refractivity contribution in [2.75, 3.05) is 19.0 Å². The van der Waals surface area contributed by atoms with E-state index in [1.165, 1.54) is 14.0 Å². The van der Waals surface area contributed by atoms with Crippen molar-refractivity contribution in [1.29, 1.82) is 0 Å². The van der Waals surface area contributed by atoms with E-state index in [0.29, 0.717) is 24.2 Å². The van der Waals surface area contributed by atoms with Crippen LogP contribution in [-0.2, 0) is 27.3 Å². The zero-order valence-corrected chi connectivity index (χ0v) is 15.4. The van der Waals surface area contributed by atoms with Gasteiger partial charge >= 0.3 is 5.97 Å². The molecule has 0 fully saturated rings. The molecule has 6 nitrogen and oxygen atoms in total. The third-order valence-corrected chi connectivity index (χ3v) is 4.72. The second-order valence-corrected chi connectivity index (χ2v) is 6.60. The Morgan fingerprint density at radius 2 is 1.85 bits per heavy atom. The van der Waals surface area contributed by atoms with Crippen molar-refractivity contribution < 1.29 is 19.1 Å². The Balaban J connectivity index is 1.74. The molecule has 1 amide bonds. The average Bonchev–Trinajstić information content (AvgIpc) is 2.67. The molecule has 27 heavy (non-hydrogen) atoms. The predicted octanol–water partition coefficient (Wildman–Crippen LogP) is 2.43. The van der Waals surface area contributed by atoms with Gasteiger partial charge in [0.25, 0.3) is 0 Å². The first kappa shape index (κ1) is 18.8. The molecule has 0 bridgehead atoms. The summed E-state index contributed by atoms with van der Waals surface area (Å²) in [5, 5.41) is 2.80. The van der Waals surface area contributed by atoms with Gasteiger partial charge in [0.2, 0.25) is 5.91 Å². The highest BCUT2D eigenvalue weighted by atomic mass is 16.5. The van der Waals surface area contributed by atoms with Crippen LogP contribution in [0.1, 0.15) is 28.4 Å². The Bertz CT molecular complexity index is 878. The number of nitrogens with one attached hydrogen (secondary N) is 1. The van der Waals surface area contributed by atoms with Gasteiger partial charge in [-0.15, -0.1) is 0 Å². The Morgan fingerprint density at radius 1 is 1.11 bits per heavy atom. The van der Waals surface area contributed by atoms with Crippen LogP contribution in [0.4, 0.5) is 5.69 Å². The first-order valence-electron chi connectivity index (χ1n) is 8.77. The molecule has 2 aromatic rings. The molecule has 0 unspecified atom stereocenters. The minimum absolute atomic E-state index is 0.0540. The van der Waals surface area contributed by atoms with Crippen molar-refractivity contribution in [3.05, 3.63) is 65.2 Å². The van der Waals surface area contributed by atoms with Crippen molar-refractivity contribution in [2.45, 2.75) is 25.9 Å². The predicted molar refractivity (Wildman–Crippen MR) is 101 cm³/mol. The quantitative estimate of drug-likeness (QED) is 0.650. The number of hydrogen-bond donors (Lipinski definition) is 1. The van der Waals surface area contributed by atoms with Crippen molar-refractivity contribution in [1.82, 2.24) is 4.90 Å². The zero-order valence-electron chi connectivity index (χ0n) is 15.4. The maximum Gasteiger partial charge on any atom is 0.323 e. The standard InChI is InChI=1S/C21H22N2O4/c1-14(24)15-8-5-9-18(10-15)22-20(25)13-23-12-17-7-4-3-6-16(17)11-19(23)21(26)27-2/h3-10,19H,11-13H2,1-2H3,(H,22,25)/t19-/m1/s1. The third-order valence-electron chi connectivity index (χ3n) is 4.72. The second-order valence-electron chi connectivity index (χ2n) is 6.60. The number of carbonyl (C=O) groups is 3. The minimum Gasteiger partial charge on any atom is -0.468 e. The van der Waals surface area contributed by atoms with E-state index < -0.39 is 6.04 Å². The number of benzene rings is 2. The molecule has 3 rings (SSSR count). The van der Waals surface area contributed by atoms with E-state index in [9.17, 15) is 14.4 Å². The second kappa shape index (κ2) is 8.14. The van der Waals surface area contributed by atoms with Gasteiger partial charge in [-0.2, -0.15) is 0 Å². The monoisotopic (exact) mass is 366 g/mol. The van der Waals surface area contributed by atoms with E-state index in [1.54, 1.807) is 24.3 Å². The van der Waals surface area contributed by atoms with Crippen LogP contribution in [0.3, 0.4) is 0 Å². The van der Waals surface area contributed by atoms with Gasteiger partial charge in [-0.25, -0.2) is 0 Å². The van der Waals surface area contributed by atoms with Gasteiger partial charge in [0, 0.05) is 17.8 Å². The number of rotatable bonds is 5. The molecule has 1 N–H and O–H groups in total. The van der Waals surface area contributed by atoms with Crippen LogP contribution in [0.2, 0.25) is 0 Å². The van der Waals surface area contributed by atoms with Crippen LogP contribution in [-0.4, -0.2) is 42.3 Å². The van der Waals surface area contributed by atoms with E-state index in [0.717, 1.165) is 11.1 Å². The molecule has 0 spiro atoms. The Kier molecular flexibility index (Phi) is 5.66. The Labute approximate surface area is 158 Å². The minimum atomic E-state index is -0.501. The fourth-order valence-electron chi connectivity index (χ4n) is 3.31. The van der Waals surface area contributed by atoms with Gasteiger partial charge in [-0.1, -0.05) is 36.4 Å². The van der Waals surface area contributed by atoms with E-state index in [2.05, 4.69) is 5.32 Å². The number of ether oxygens (including phenoxy) is 1. The molecule has 1 aliphatic heterocycles. The summed E-state index contributed by atoms with van der Waals surface area (Å²) in [6, 6.07) is 14.2. The highest BCUT2D eigenvalue weighted by molar-refractivity contribution is 5.97. The lowest BCUT2D eigenvalue weighted by Gasteiger charge is -2.34. The van der Waals surface area contributed by atoms with Crippen LogP contribution >= 0.6 is 0 Å². The SMILES string of the molecule is COC(=O)[C@H]1Cc2ccccc2CN1CC(=O)Nc1cccc(C(C)=O)c1. The van der Waals surface area contributed by atoms with Crippen LogP contribution in [0.25, 0.3) is 0 Å². The first-order valence-corrected chi connectivity index (χ1v) is 8.77. The van der Waals surface area contributed by atoms with Crippen molar-refractivity contribution in [3.63, 3.8) is 0 Å². The van der Waals surface area contributed by atoms with Crippen LogP contribution in [0.5, 0.6) is 0 Å². The van der Waals surface area contributed by atoms with Crippen molar-refractivity contribution >= 4 is 23.3 Å². The number of hydrogen-bond acceptors (Lipinski definition) is 5. The zero-order chi connectivity index (χ0) is 19.4. The fourth-order valence-corrected chi connectivity index (χ4v) is 3.31. The number of nitrogens with zero attached hydrogens (tertiary/aromatic N) is 1. The highest BCUT2D eigenvalue weighted by Gasteiger charge is 2.33. The Morgan fingerprint density at radius 3 is 2.56 bits per heavy atom. The maximum absolute atomic E-state index is 12.5. The lowest BCUT2D eigenvalue weighted by molar-refractivity contribution is -0.148. The largest absolute Gasteiger partial charge is 0.468 e. The summed E-state index contributed by atoms with van der Waals surface area (Å²) in [5.41, 5.74) is 3.29. The van der Waals surface area contributed by atoms with Gasteiger partial charge in [-0.3, -0.25) is 19.3 Å². The lowest BCUT2D eigenvalue weighted by atomic mass is 9.94. The van der Waals surface area contributed by atoms with Gasteiger partial charge in [0.1, 0.15) is 6.04 Å². The fraction of sp³-hybridized carbons (Fsp3) is 0.286. The molecule has 0 saturated carbocycles. The van der Waals surface area contributed by atoms with Gasteiger partial charge < -0.3 is 10.1 Å². The molecule has 1 heterocycles. The van der Waals surface area contributed by atoms with Gasteiger partial charge in [0.05, 0.1) is 13.7 Å². The van der Waals surface area contributed by atoms with E-state index in [4.69, 9.17) is 4.74 Å². The molecule has 6 heteroatoms. The average molecular weight is 366 g/mol. The highest BCUT2D eigenvalue weighted by Crippen LogP contribution is 2.24.